The Morgan fingerprint density at radius 2 is 2.04 bits per heavy atom. The van der Waals surface area contributed by atoms with Crippen LogP contribution in [0.4, 0.5) is 18.0 Å². The lowest BCUT2D eigenvalue weighted by atomic mass is 10.1. The number of pyridine rings is 1. The Labute approximate surface area is 157 Å². The number of nitrogens with zero attached hydrogens (tertiary/aromatic N) is 1. The number of alkyl halides is 3. The molecule has 1 aromatic rings. The van der Waals surface area contributed by atoms with Crippen molar-refractivity contribution in [1.82, 2.24) is 15.6 Å². The Bertz CT molecular complexity index is 570. The third-order valence-corrected chi connectivity index (χ3v) is 3.78. The van der Waals surface area contributed by atoms with Crippen molar-refractivity contribution in [1.29, 1.82) is 0 Å². The molecule has 0 aliphatic carbocycles. The monoisotopic (exact) mass is 391 g/mol. The third kappa shape index (κ3) is 9.46. The number of halogens is 3. The lowest BCUT2D eigenvalue weighted by Crippen LogP contribution is -2.40. The average Bonchev–Trinajstić information content (AvgIpc) is 2.59. The van der Waals surface area contributed by atoms with Gasteiger partial charge in [0.05, 0.1) is 18.8 Å². The summed E-state index contributed by atoms with van der Waals surface area (Å²) in [6, 6.07) is 4.13. The molecule has 0 aromatic carbocycles. The standard InChI is InChI=1S/C18H28F3N3O3/c1-4-5-6-8-13(2)23-17(25)22-11-14-9-7-10-16(24-14)27-15(12-26-3)18(19,20)21/h7,9-10,13,15H,4-6,8,11-12H2,1-3H3,(H2,22,23,25). The van der Waals surface area contributed by atoms with Crippen LogP contribution >= 0.6 is 0 Å². The van der Waals surface area contributed by atoms with E-state index >= 15 is 0 Å². The number of rotatable bonds is 11. The molecule has 1 aromatic heterocycles. The zero-order valence-electron chi connectivity index (χ0n) is 15.9. The molecule has 2 atom stereocenters. The lowest BCUT2D eigenvalue weighted by Gasteiger charge is -2.20. The van der Waals surface area contributed by atoms with Gasteiger partial charge in [-0.25, -0.2) is 9.78 Å². The summed E-state index contributed by atoms with van der Waals surface area (Å²) in [6.45, 7) is 3.48. The minimum atomic E-state index is -4.57. The maximum absolute atomic E-state index is 12.9. The van der Waals surface area contributed by atoms with Gasteiger partial charge in [-0.15, -0.1) is 0 Å². The van der Waals surface area contributed by atoms with Gasteiger partial charge in [-0.3, -0.25) is 0 Å². The van der Waals surface area contributed by atoms with Crippen LogP contribution in [-0.4, -0.2) is 43.1 Å². The molecule has 2 N–H and O–H groups in total. The second-order valence-electron chi connectivity index (χ2n) is 6.29. The molecule has 2 unspecified atom stereocenters. The molecule has 0 radical (unpaired) electrons. The number of aromatic nitrogens is 1. The van der Waals surface area contributed by atoms with Crippen molar-refractivity contribution < 1.29 is 27.4 Å². The number of ether oxygens (including phenoxy) is 2. The van der Waals surface area contributed by atoms with Crippen LogP contribution in [0.15, 0.2) is 18.2 Å². The van der Waals surface area contributed by atoms with Gasteiger partial charge in [0.15, 0.2) is 0 Å². The van der Waals surface area contributed by atoms with E-state index in [0.29, 0.717) is 5.69 Å². The number of urea groups is 1. The molecule has 1 heterocycles. The maximum atomic E-state index is 12.9. The molecule has 0 saturated carbocycles. The van der Waals surface area contributed by atoms with Crippen LogP contribution in [0.1, 0.15) is 45.2 Å². The second-order valence-corrected chi connectivity index (χ2v) is 6.29. The van der Waals surface area contributed by atoms with Crippen LogP contribution in [0, 0.1) is 0 Å². The normalized spacial score (nSPS) is 13.7. The van der Waals surface area contributed by atoms with E-state index in [1.165, 1.54) is 12.1 Å². The first-order valence-electron chi connectivity index (χ1n) is 8.98. The molecule has 0 aliphatic heterocycles. The first-order valence-corrected chi connectivity index (χ1v) is 8.98. The molecule has 0 fully saturated rings. The van der Waals surface area contributed by atoms with Gasteiger partial charge in [0, 0.05) is 19.2 Å². The van der Waals surface area contributed by atoms with E-state index in [0.717, 1.165) is 32.8 Å². The van der Waals surface area contributed by atoms with Crippen molar-refractivity contribution in [3.8, 4) is 5.88 Å². The largest absolute Gasteiger partial charge is 0.462 e. The number of nitrogens with one attached hydrogen (secondary N) is 2. The molecule has 154 valence electrons. The van der Waals surface area contributed by atoms with Crippen LogP contribution in [0.5, 0.6) is 5.88 Å². The Hall–Kier alpha value is -2.03. The first kappa shape index (κ1) is 23.0. The molecule has 6 nitrogen and oxygen atoms in total. The summed E-state index contributed by atoms with van der Waals surface area (Å²) in [5.41, 5.74) is 0.389. The zero-order chi connectivity index (χ0) is 20.3. The van der Waals surface area contributed by atoms with Crippen molar-refractivity contribution in [3.05, 3.63) is 23.9 Å². The molecule has 1 rings (SSSR count). The third-order valence-electron chi connectivity index (χ3n) is 3.78. The Morgan fingerprint density at radius 1 is 1.30 bits per heavy atom. The number of carbonyl (C=O) groups is 1. The summed E-state index contributed by atoms with van der Waals surface area (Å²) in [5.74, 6) is -0.179. The number of hydrogen-bond donors (Lipinski definition) is 2. The molecule has 0 saturated heterocycles. The van der Waals surface area contributed by atoms with Crippen LogP contribution in [0.3, 0.4) is 0 Å². The van der Waals surface area contributed by atoms with Gasteiger partial charge in [-0.2, -0.15) is 13.2 Å². The minimum absolute atomic E-state index is 0.0424. The summed E-state index contributed by atoms with van der Waals surface area (Å²) in [6.07, 6.45) is -2.51. The SMILES string of the molecule is CCCCCC(C)NC(=O)NCc1cccc(OC(COC)C(F)(F)F)n1. The quantitative estimate of drug-likeness (QED) is 0.563. The fraction of sp³-hybridized carbons (Fsp3) is 0.667. The average molecular weight is 391 g/mol. The number of carbonyl (C=O) groups excluding carboxylic acids is 1. The zero-order valence-corrected chi connectivity index (χ0v) is 15.9. The predicted molar refractivity (Wildman–Crippen MR) is 95.6 cm³/mol. The number of methoxy groups -OCH3 is 1. The van der Waals surface area contributed by atoms with E-state index in [1.807, 2.05) is 6.92 Å². The first-order chi connectivity index (χ1) is 12.8. The maximum Gasteiger partial charge on any atom is 0.427 e. The minimum Gasteiger partial charge on any atom is -0.462 e. The number of amides is 2. The van der Waals surface area contributed by atoms with Crippen LogP contribution in [0.2, 0.25) is 0 Å². The highest BCUT2D eigenvalue weighted by Crippen LogP contribution is 2.24. The van der Waals surface area contributed by atoms with Crippen molar-refractivity contribution in [2.75, 3.05) is 13.7 Å². The highest BCUT2D eigenvalue weighted by atomic mass is 19.4. The molecular formula is C18H28F3N3O3. The Balaban J connectivity index is 2.53. The molecular weight excluding hydrogens is 363 g/mol. The van der Waals surface area contributed by atoms with Crippen molar-refractivity contribution in [2.45, 2.75) is 64.4 Å². The molecule has 2 amide bonds. The molecule has 9 heteroatoms. The van der Waals surface area contributed by atoms with E-state index < -0.39 is 18.9 Å². The molecule has 0 spiro atoms. The summed E-state index contributed by atoms with van der Waals surface area (Å²) in [7, 11) is 1.16. The van der Waals surface area contributed by atoms with E-state index in [2.05, 4.69) is 27.3 Å². The summed E-state index contributed by atoms with van der Waals surface area (Å²) in [4.78, 5) is 15.9. The van der Waals surface area contributed by atoms with Gasteiger partial charge in [-0.05, 0) is 19.4 Å². The van der Waals surface area contributed by atoms with Crippen molar-refractivity contribution >= 4 is 6.03 Å². The van der Waals surface area contributed by atoms with Gasteiger partial charge >= 0.3 is 12.2 Å². The summed E-state index contributed by atoms with van der Waals surface area (Å²) >= 11 is 0. The highest BCUT2D eigenvalue weighted by Gasteiger charge is 2.42. The fourth-order valence-corrected chi connectivity index (χ4v) is 2.33. The van der Waals surface area contributed by atoms with Crippen LogP contribution in [-0.2, 0) is 11.3 Å². The van der Waals surface area contributed by atoms with Gasteiger partial charge in [0.25, 0.3) is 0 Å². The van der Waals surface area contributed by atoms with Gasteiger partial charge in [0.1, 0.15) is 0 Å². The number of unbranched alkanes of at least 4 members (excludes halogenated alkanes) is 2. The van der Waals surface area contributed by atoms with Crippen LogP contribution in [0.25, 0.3) is 0 Å². The van der Waals surface area contributed by atoms with E-state index in [9.17, 15) is 18.0 Å². The van der Waals surface area contributed by atoms with Crippen LogP contribution < -0.4 is 15.4 Å². The fourth-order valence-electron chi connectivity index (χ4n) is 2.33. The lowest BCUT2D eigenvalue weighted by molar-refractivity contribution is -0.207. The molecule has 0 aliphatic rings. The molecule has 0 bridgehead atoms. The highest BCUT2D eigenvalue weighted by molar-refractivity contribution is 5.74. The topological polar surface area (TPSA) is 72.5 Å². The summed E-state index contributed by atoms with van der Waals surface area (Å²) < 4.78 is 48.1. The van der Waals surface area contributed by atoms with E-state index in [-0.39, 0.29) is 24.5 Å². The van der Waals surface area contributed by atoms with E-state index in [1.54, 1.807) is 6.07 Å². The Morgan fingerprint density at radius 3 is 2.67 bits per heavy atom. The second kappa shape index (κ2) is 11.6. The smallest absolute Gasteiger partial charge is 0.427 e. The molecule has 27 heavy (non-hydrogen) atoms. The van der Waals surface area contributed by atoms with Crippen molar-refractivity contribution in [2.24, 2.45) is 0 Å². The number of hydrogen-bond acceptors (Lipinski definition) is 4. The predicted octanol–water partition coefficient (Wildman–Crippen LogP) is 3.81. The van der Waals surface area contributed by atoms with Gasteiger partial charge in [-0.1, -0.05) is 32.3 Å². The van der Waals surface area contributed by atoms with E-state index in [4.69, 9.17) is 4.74 Å². The Kier molecular flexibility index (Phi) is 9.92. The van der Waals surface area contributed by atoms with Gasteiger partial charge < -0.3 is 20.1 Å². The van der Waals surface area contributed by atoms with Gasteiger partial charge in [0.2, 0.25) is 12.0 Å². The summed E-state index contributed by atoms with van der Waals surface area (Å²) in [5, 5.41) is 5.46. The van der Waals surface area contributed by atoms with Crippen molar-refractivity contribution in [3.63, 3.8) is 0 Å².